The zero-order chi connectivity index (χ0) is 11.8. The van der Waals surface area contributed by atoms with Crippen LogP contribution in [-0.4, -0.2) is 6.54 Å². The summed E-state index contributed by atoms with van der Waals surface area (Å²) in [6.45, 7) is 16.0. The molecule has 0 unspecified atom stereocenters. The number of hydrogen-bond donors (Lipinski definition) is 1. The van der Waals surface area contributed by atoms with E-state index in [2.05, 4.69) is 33.1 Å². The Bertz CT molecular complexity index is 134. The summed E-state index contributed by atoms with van der Waals surface area (Å²) in [5.74, 6) is 0. The molecular formula is C13H27N. The Hall–Kier alpha value is -0.820. The van der Waals surface area contributed by atoms with E-state index in [4.69, 9.17) is 5.73 Å². The van der Waals surface area contributed by atoms with Gasteiger partial charge in [-0.2, -0.15) is 0 Å². The first kappa shape index (κ1) is 18.9. The van der Waals surface area contributed by atoms with Crippen LogP contribution >= 0.6 is 0 Å². The molecule has 0 saturated heterocycles. The predicted octanol–water partition coefficient (Wildman–Crippen LogP) is 4.08. The van der Waals surface area contributed by atoms with E-state index in [0.29, 0.717) is 0 Å². The third kappa shape index (κ3) is 30.3. The van der Waals surface area contributed by atoms with Gasteiger partial charge in [-0.25, -0.2) is 0 Å². The fraction of sp³-hybridized carbons (Fsp3) is 0.538. The molecule has 0 spiro atoms. The highest BCUT2D eigenvalue weighted by Crippen LogP contribution is 1.92. The highest BCUT2D eigenvalue weighted by Gasteiger charge is 1.71. The molecule has 0 fully saturated rings. The number of rotatable bonds is 4. The lowest BCUT2D eigenvalue weighted by Crippen LogP contribution is -1.94. The van der Waals surface area contributed by atoms with Crippen molar-refractivity contribution in [1.29, 1.82) is 0 Å². The van der Waals surface area contributed by atoms with Gasteiger partial charge in [0.2, 0.25) is 0 Å². The van der Waals surface area contributed by atoms with Crippen LogP contribution < -0.4 is 5.73 Å². The van der Waals surface area contributed by atoms with Gasteiger partial charge in [-0.3, -0.25) is 0 Å². The molecule has 0 atom stereocenters. The summed E-state index contributed by atoms with van der Waals surface area (Å²) >= 11 is 0. The highest BCUT2D eigenvalue weighted by atomic mass is 14.5. The van der Waals surface area contributed by atoms with Crippen LogP contribution in [0.4, 0.5) is 0 Å². The molecule has 0 bridgehead atoms. The van der Waals surface area contributed by atoms with Gasteiger partial charge in [-0.1, -0.05) is 51.2 Å². The average molecular weight is 197 g/mol. The molecule has 0 aromatic carbocycles. The van der Waals surface area contributed by atoms with E-state index in [0.717, 1.165) is 19.4 Å². The number of hydrogen-bond acceptors (Lipinski definition) is 1. The Kier molecular flexibility index (Phi) is 30.7. The fourth-order valence-electron chi connectivity index (χ4n) is 0.523. The van der Waals surface area contributed by atoms with E-state index in [1.54, 1.807) is 6.08 Å². The smallest absolute Gasteiger partial charge is 0.00427 e. The van der Waals surface area contributed by atoms with Crippen LogP contribution in [0.25, 0.3) is 0 Å². The highest BCUT2D eigenvalue weighted by molar-refractivity contribution is 5.11. The van der Waals surface area contributed by atoms with Gasteiger partial charge in [0.1, 0.15) is 0 Å². The van der Waals surface area contributed by atoms with Crippen LogP contribution in [0.3, 0.4) is 0 Å². The monoisotopic (exact) mass is 197 g/mol. The standard InChI is InChI=1S/C7H12.C4H9N.C2H6/c1-4-6-7(3)5-2;1-2-3-4-5;1-2/h5-6H,2,4H2,1,3H3;2H,1,3-5H2;1-2H3/b7-6-;;. The van der Waals surface area contributed by atoms with Crippen LogP contribution in [0.5, 0.6) is 0 Å². The topological polar surface area (TPSA) is 26.0 Å². The predicted molar refractivity (Wildman–Crippen MR) is 69.5 cm³/mol. The SMILES string of the molecule is C=C/C(C)=C\CC.C=CCCN.CC. The van der Waals surface area contributed by atoms with Gasteiger partial charge in [0.15, 0.2) is 0 Å². The van der Waals surface area contributed by atoms with E-state index in [9.17, 15) is 0 Å². The van der Waals surface area contributed by atoms with Gasteiger partial charge in [0.05, 0.1) is 0 Å². The van der Waals surface area contributed by atoms with Crippen molar-refractivity contribution < 1.29 is 0 Å². The summed E-state index contributed by atoms with van der Waals surface area (Å²) in [6.07, 6.45) is 7.86. The molecule has 0 aromatic heterocycles. The van der Waals surface area contributed by atoms with Crippen LogP contribution in [0, 0.1) is 0 Å². The zero-order valence-corrected chi connectivity index (χ0v) is 10.3. The quantitative estimate of drug-likeness (QED) is 0.533. The first-order chi connectivity index (χ1) is 6.72. The molecule has 84 valence electrons. The molecule has 0 rings (SSSR count). The van der Waals surface area contributed by atoms with E-state index >= 15 is 0 Å². The molecule has 0 saturated carbocycles. The second-order valence-electron chi connectivity index (χ2n) is 2.43. The zero-order valence-electron chi connectivity index (χ0n) is 10.3. The summed E-state index contributed by atoms with van der Waals surface area (Å²) in [5.41, 5.74) is 6.33. The van der Waals surface area contributed by atoms with Crippen molar-refractivity contribution in [2.45, 2.75) is 40.5 Å². The van der Waals surface area contributed by atoms with Crippen LogP contribution in [-0.2, 0) is 0 Å². The number of allylic oxidation sites excluding steroid dienone is 3. The van der Waals surface area contributed by atoms with E-state index < -0.39 is 0 Å². The molecule has 2 N–H and O–H groups in total. The molecule has 0 aliphatic carbocycles. The van der Waals surface area contributed by atoms with Gasteiger partial charge in [-0.05, 0) is 26.3 Å². The third-order valence-electron chi connectivity index (χ3n) is 1.22. The molecule has 0 radical (unpaired) electrons. The van der Waals surface area contributed by atoms with E-state index in [1.165, 1.54) is 5.57 Å². The molecule has 0 aliphatic heterocycles. The first-order valence-corrected chi connectivity index (χ1v) is 5.33. The molecule has 0 heterocycles. The molecule has 0 aromatic rings. The molecular weight excluding hydrogens is 170 g/mol. The van der Waals surface area contributed by atoms with Crippen molar-refractivity contribution in [1.82, 2.24) is 0 Å². The molecule has 0 amide bonds. The first-order valence-electron chi connectivity index (χ1n) is 5.33. The fourth-order valence-corrected chi connectivity index (χ4v) is 0.523. The Labute approximate surface area is 90.4 Å². The summed E-state index contributed by atoms with van der Waals surface area (Å²) < 4.78 is 0. The minimum Gasteiger partial charge on any atom is -0.330 e. The van der Waals surface area contributed by atoms with Crippen LogP contribution in [0.2, 0.25) is 0 Å². The summed E-state index contributed by atoms with van der Waals surface area (Å²) in [7, 11) is 0. The van der Waals surface area contributed by atoms with Crippen LogP contribution in [0.1, 0.15) is 40.5 Å². The lowest BCUT2D eigenvalue weighted by Gasteiger charge is -1.83. The Morgan fingerprint density at radius 1 is 1.29 bits per heavy atom. The normalized spacial score (nSPS) is 8.79. The minimum atomic E-state index is 0.726. The van der Waals surface area contributed by atoms with Gasteiger partial charge in [0.25, 0.3) is 0 Å². The van der Waals surface area contributed by atoms with Crippen molar-refractivity contribution in [2.75, 3.05) is 6.54 Å². The number of nitrogens with two attached hydrogens (primary N) is 1. The molecule has 1 heteroatoms. The van der Waals surface area contributed by atoms with Crippen molar-refractivity contribution in [3.8, 4) is 0 Å². The van der Waals surface area contributed by atoms with Gasteiger partial charge in [-0.15, -0.1) is 6.58 Å². The lowest BCUT2D eigenvalue weighted by molar-refractivity contribution is 1.01. The average Bonchev–Trinajstić information content (AvgIpc) is 2.23. The molecule has 1 nitrogen and oxygen atoms in total. The van der Waals surface area contributed by atoms with E-state index in [1.807, 2.05) is 19.9 Å². The van der Waals surface area contributed by atoms with Crippen molar-refractivity contribution >= 4 is 0 Å². The Morgan fingerprint density at radius 3 is 1.86 bits per heavy atom. The third-order valence-corrected chi connectivity index (χ3v) is 1.22. The summed E-state index contributed by atoms with van der Waals surface area (Å²) in [4.78, 5) is 0. The van der Waals surface area contributed by atoms with Crippen molar-refractivity contribution in [3.63, 3.8) is 0 Å². The van der Waals surface area contributed by atoms with Gasteiger partial charge < -0.3 is 5.73 Å². The maximum atomic E-state index is 5.07. The second-order valence-corrected chi connectivity index (χ2v) is 2.43. The van der Waals surface area contributed by atoms with Gasteiger partial charge >= 0.3 is 0 Å². The minimum absolute atomic E-state index is 0.726. The van der Waals surface area contributed by atoms with Crippen molar-refractivity contribution in [2.24, 2.45) is 5.73 Å². The Morgan fingerprint density at radius 2 is 1.79 bits per heavy atom. The molecule has 0 aliphatic rings. The summed E-state index contributed by atoms with van der Waals surface area (Å²) in [5, 5.41) is 0. The molecule has 14 heavy (non-hydrogen) atoms. The summed E-state index contributed by atoms with van der Waals surface area (Å²) in [6, 6.07) is 0. The van der Waals surface area contributed by atoms with E-state index in [-0.39, 0.29) is 0 Å². The van der Waals surface area contributed by atoms with Gasteiger partial charge in [0, 0.05) is 0 Å². The lowest BCUT2D eigenvalue weighted by atomic mass is 10.2. The second kappa shape index (κ2) is 22.8. The maximum Gasteiger partial charge on any atom is -0.00427 e. The maximum absolute atomic E-state index is 5.07. The Balaban J connectivity index is -0.000000152. The van der Waals surface area contributed by atoms with Crippen LogP contribution in [0.15, 0.2) is 37.0 Å². The largest absolute Gasteiger partial charge is 0.330 e. The van der Waals surface area contributed by atoms with Crippen molar-refractivity contribution in [3.05, 3.63) is 37.0 Å².